The highest BCUT2D eigenvalue weighted by Gasteiger charge is 2.24. The van der Waals surface area contributed by atoms with Gasteiger partial charge in [-0.2, -0.15) is 0 Å². The molecule has 0 atom stereocenters. The molecule has 0 aliphatic rings. The summed E-state index contributed by atoms with van der Waals surface area (Å²) in [7, 11) is 0. The van der Waals surface area contributed by atoms with Gasteiger partial charge in [-0.3, -0.25) is 0 Å². The van der Waals surface area contributed by atoms with Gasteiger partial charge in [0.25, 0.3) is 0 Å². The lowest BCUT2D eigenvalue weighted by molar-refractivity contribution is 0.620. The molecule has 2 heterocycles. The second-order valence-electron chi connectivity index (χ2n) is 14.7. The van der Waals surface area contributed by atoms with Crippen molar-refractivity contribution < 1.29 is 8.83 Å². The molecule has 4 heteroatoms. The van der Waals surface area contributed by atoms with Crippen LogP contribution in [0.2, 0.25) is 0 Å². The topological polar surface area (TPSA) is 42.4 Å². The Morgan fingerprint density at radius 2 is 0.947 bits per heavy atom. The fourth-order valence-corrected chi connectivity index (χ4v) is 8.81. The Hall–Kier alpha value is -7.69. The van der Waals surface area contributed by atoms with Crippen LogP contribution in [0.3, 0.4) is 0 Å². The third kappa shape index (κ3) is 4.98. The molecular formula is C53H32N2O2. The van der Waals surface area contributed by atoms with Crippen molar-refractivity contribution >= 4 is 93.2 Å². The molecule has 0 unspecified atom stereocenters. The van der Waals surface area contributed by atoms with Crippen LogP contribution in [0.4, 0.5) is 17.1 Å². The Morgan fingerprint density at radius 3 is 1.70 bits per heavy atom. The third-order valence-corrected chi connectivity index (χ3v) is 11.4. The van der Waals surface area contributed by atoms with Gasteiger partial charge in [-0.05, 0) is 109 Å². The summed E-state index contributed by atoms with van der Waals surface area (Å²) in [5.41, 5.74) is 9.59. The van der Waals surface area contributed by atoms with Crippen molar-refractivity contribution in [2.75, 3.05) is 4.90 Å². The van der Waals surface area contributed by atoms with E-state index in [2.05, 4.69) is 163 Å². The Bertz CT molecular complexity index is 3460. The number of aromatic nitrogens is 1. The molecule has 10 aromatic carbocycles. The molecule has 0 saturated heterocycles. The summed E-state index contributed by atoms with van der Waals surface area (Å²) in [6.07, 6.45) is 0. The molecular weight excluding hydrogens is 697 g/mol. The molecule has 0 fully saturated rings. The molecule has 0 aliphatic carbocycles. The smallest absolute Gasteiger partial charge is 0.227 e. The average molecular weight is 729 g/mol. The molecule has 266 valence electrons. The van der Waals surface area contributed by atoms with Gasteiger partial charge >= 0.3 is 0 Å². The second-order valence-corrected chi connectivity index (χ2v) is 14.7. The predicted octanol–water partition coefficient (Wildman–Crippen LogP) is 15.1. The van der Waals surface area contributed by atoms with Crippen molar-refractivity contribution in [2.24, 2.45) is 0 Å². The summed E-state index contributed by atoms with van der Waals surface area (Å²) < 4.78 is 13.0. The first kappa shape index (κ1) is 31.6. The van der Waals surface area contributed by atoms with E-state index in [4.69, 9.17) is 13.8 Å². The van der Waals surface area contributed by atoms with Crippen LogP contribution in [-0.4, -0.2) is 4.98 Å². The van der Waals surface area contributed by atoms with Crippen LogP contribution < -0.4 is 4.90 Å². The summed E-state index contributed by atoms with van der Waals surface area (Å²) in [5, 5.41) is 11.7. The van der Waals surface area contributed by atoms with Crippen LogP contribution in [0.1, 0.15) is 0 Å². The minimum absolute atomic E-state index is 0.580. The van der Waals surface area contributed by atoms with Crippen LogP contribution in [0.5, 0.6) is 0 Å². The maximum absolute atomic E-state index is 6.75. The molecule has 4 nitrogen and oxygen atoms in total. The van der Waals surface area contributed by atoms with Crippen molar-refractivity contribution in [3.8, 4) is 22.6 Å². The maximum Gasteiger partial charge on any atom is 0.227 e. The fraction of sp³-hybridized carbons (Fsp3) is 0. The van der Waals surface area contributed by atoms with E-state index < -0.39 is 0 Å². The van der Waals surface area contributed by atoms with Gasteiger partial charge < -0.3 is 13.7 Å². The van der Waals surface area contributed by atoms with Crippen LogP contribution in [0.15, 0.2) is 203 Å². The van der Waals surface area contributed by atoms with Crippen molar-refractivity contribution in [2.45, 2.75) is 0 Å². The molecule has 0 saturated carbocycles. The first-order valence-electron chi connectivity index (χ1n) is 19.3. The SMILES string of the molecule is c1ccc(-c2ccc(N(c3ccc4c5ccccc5c5ccccc5c4c3)c3c4ccccc4cc4oc5ccc(-c6nc7ccccc7o6)cc5c34)cc2)cc1. The zero-order chi connectivity index (χ0) is 37.5. The first-order chi connectivity index (χ1) is 28.2. The minimum atomic E-state index is 0.580. The maximum atomic E-state index is 6.75. The highest BCUT2D eigenvalue weighted by molar-refractivity contribution is 6.27. The van der Waals surface area contributed by atoms with E-state index in [0.717, 1.165) is 72.0 Å². The molecule has 0 amide bonds. The number of anilines is 3. The Balaban J connectivity index is 1.17. The monoisotopic (exact) mass is 728 g/mol. The lowest BCUT2D eigenvalue weighted by Crippen LogP contribution is -2.11. The van der Waals surface area contributed by atoms with Crippen molar-refractivity contribution in [1.82, 2.24) is 4.98 Å². The predicted molar refractivity (Wildman–Crippen MR) is 237 cm³/mol. The second kappa shape index (κ2) is 12.4. The van der Waals surface area contributed by atoms with Crippen LogP contribution in [0, 0.1) is 0 Å². The zero-order valence-corrected chi connectivity index (χ0v) is 30.7. The summed E-state index contributed by atoms with van der Waals surface area (Å²) in [5.74, 6) is 0.580. The fourth-order valence-electron chi connectivity index (χ4n) is 8.81. The van der Waals surface area contributed by atoms with Gasteiger partial charge in [-0.15, -0.1) is 0 Å². The number of para-hydroxylation sites is 2. The van der Waals surface area contributed by atoms with E-state index in [1.54, 1.807) is 0 Å². The number of benzene rings is 10. The molecule has 0 aliphatic heterocycles. The summed E-state index contributed by atoms with van der Waals surface area (Å²) >= 11 is 0. The molecule has 0 radical (unpaired) electrons. The molecule has 57 heavy (non-hydrogen) atoms. The van der Waals surface area contributed by atoms with E-state index in [-0.39, 0.29) is 0 Å². The number of nitrogens with zero attached hydrogens (tertiary/aromatic N) is 2. The van der Waals surface area contributed by atoms with Gasteiger partial charge in [-0.1, -0.05) is 133 Å². The van der Waals surface area contributed by atoms with Gasteiger partial charge in [0.2, 0.25) is 5.89 Å². The summed E-state index contributed by atoms with van der Waals surface area (Å²) in [6.45, 7) is 0. The van der Waals surface area contributed by atoms with Gasteiger partial charge in [0, 0.05) is 27.7 Å². The lowest BCUT2D eigenvalue weighted by atomic mass is 9.93. The molecule has 2 aromatic heterocycles. The van der Waals surface area contributed by atoms with Gasteiger partial charge in [0.15, 0.2) is 5.58 Å². The van der Waals surface area contributed by atoms with E-state index in [1.807, 2.05) is 36.4 Å². The van der Waals surface area contributed by atoms with E-state index in [1.165, 1.54) is 37.9 Å². The average Bonchev–Trinajstić information content (AvgIpc) is 3.88. The van der Waals surface area contributed by atoms with E-state index in [9.17, 15) is 0 Å². The lowest BCUT2D eigenvalue weighted by Gasteiger charge is -2.28. The van der Waals surface area contributed by atoms with Crippen LogP contribution >= 0.6 is 0 Å². The van der Waals surface area contributed by atoms with Gasteiger partial charge in [0.05, 0.1) is 11.1 Å². The first-order valence-corrected chi connectivity index (χ1v) is 19.3. The Morgan fingerprint density at radius 1 is 0.351 bits per heavy atom. The normalized spacial score (nSPS) is 11.9. The molecule has 12 aromatic rings. The third-order valence-electron chi connectivity index (χ3n) is 11.4. The summed E-state index contributed by atoms with van der Waals surface area (Å²) in [4.78, 5) is 7.28. The molecule has 0 N–H and O–H groups in total. The van der Waals surface area contributed by atoms with Crippen LogP contribution in [0.25, 0.3) is 98.7 Å². The number of fused-ring (bicyclic) bond motifs is 11. The number of rotatable bonds is 5. The van der Waals surface area contributed by atoms with Gasteiger partial charge in [-0.25, -0.2) is 4.98 Å². The minimum Gasteiger partial charge on any atom is -0.456 e. The quantitative estimate of drug-likeness (QED) is 0.166. The largest absolute Gasteiger partial charge is 0.456 e. The van der Waals surface area contributed by atoms with E-state index in [0.29, 0.717) is 5.89 Å². The Kier molecular flexibility index (Phi) is 6.89. The highest BCUT2D eigenvalue weighted by atomic mass is 16.3. The zero-order valence-electron chi connectivity index (χ0n) is 30.7. The summed E-state index contributed by atoms with van der Waals surface area (Å²) in [6, 6.07) is 68.9. The molecule has 12 rings (SSSR count). The molecule has 0 spiro atoms. The van der Waals surface area contributed by atoms with E-state index >= 15 is 0 Å². The standard InChI is InChI=1S/C53H32N2O2/c1-2-12-33(13-3-1)34-22-25-37(26-23-34)55(38-27-28-44-42-18-7-6-16-40(42)41-17-8-9-19-43(41)45(44)32-38)52-39-15-5-4-14-35(39)31-50-51(52)46-30-36(24-29-48(46)56-50)53-54-47-20-10-11-21-49(47)57-53/h1-32H. The number of hydrogen-bond donors (Lipinski definition) is 0. The van der Waals surface area contributed by atoms with Crippen molar-refractivity contribution in [1.29, 1.82) is 0 Å². The number of oxazole rings is 1. The highest BCUT2D eigenvalue weighted by Crippen LogP contribution is 2.49. The number of hydrogen-bond acceptors (Lipinski definition) is 4. The van der Waals surface area contributed by atoms with Crippen LogP contribution in [-0.2, 0) is 0 Å². The van der Waals surface area contributed by atoms with Gasteiger partial charge in [0.1, 0.15) is 16.7 Å². The van der Waals surface area contributed by atoms with Crippen molar-refractivity contribution in [3.63, 3.8) is 0 Å². The van der Waals surface area contributed by atoms with Crippen molar-refractivity contribution in [3.05, 3.63) is 194 Å². The molecule has 0 bridgehead atoms. The number of furan rings is 1. The Labute approximate surface area is 327 Å².